The van der Waals surface area contributed by atoms with Crippen molar-refractivity contribution in [3.63, 3.8) is 0 Å². The minimum Gasteiger partial charge on any atom is -0.507 e. The number of aromatic amines is 1. The van der Waals surface area contributed by atoms with Gasteiger partial charge in [0.1, 0.15) is 23.2 Å². The molecule has 1 aromatic heterocycles. The number of nitrogens with one attached hydrogen (secondary N) is 3. The van der Waals surface area contributed by atoms with E-state index in [2.05, 4.69) is 15.3 Å². The number of hydrogen-bond acceptors (Lipinski definition) is 7. The number of rotatable bonds is 9. The molecule has 1 unspecified atom stereocenters. The summed E-state index contributed by atoms with van der Waals surface area (Å²) in [5.74, 6) is -1.70. The molecule has 0 fully saturated rings. The summed E-state index contributed by atoms with van der Waals surface area (Å²) < 4.78 is 0. The van der Waals surface area contributed by atoms with Crippen LogP contribution in [-0.2, 0) is 21.5 Å². The van der Waals surface area contributed by atoms with Crippen LogP contribution in [0.4, 0.5) is 0 Å². The van der Waals surface area contributed by atoms with Gasteiger partial charge in [0.2, 0.25) is 11.8 Å². The second-order valence-corrected chi connectivity index (χ2v) is 10.7. The summed E-state index contributed by atoms with van der Waals surface area (Å²) in [6.45, 7) is 6.58. The summed E-state index contributed by atoms with van der Waals surface area (Å²) in [5, 5.41) is 42.5. The zero-order valence-electron chi connectivity index (χ0n) is 23.2. The number of nitrogen functional groups attached to an aromatic ring is 1. The number of nitrogens with zero attached hydrogens (tertiary/aromatic N) is 1. The average Bonchev–Trinajstić information content (AvgIpc) is 3.35. The molecule has 4 rings (SSSR count). The minimum absolute atomic E-state index is 0.106. The first-order chi connectivity index (χ1) is 19.2. The van der Waals surface area contributed by atoms with E-state index in [-0.39, 0.29) is 52.3 Å². The van der Waals surface area contributed by atoms with Crippen molar-refractivity contribution in [2.45, 2.75) is 45.8 Å². The first-order valence-corrected chi connectivity index (χ1v) is 13.0. The number of phenolic OH excluding ortho intramolecular Hbond substituents is 2. The Bertz CT molecular complexity index is 1670. The molecule has 0 aliphatic heterocycles. The molecule has 4 aromatic rings. The Hall–Kier alpha value is -4.90. The molecule has 41 heavy (non-hydrogen) atoms. The summed E-state index contributed by atoms with van der Waals surface area (Å²) in [7, 11) is 0. The van der Waals surface area contributed by atoms with Gasteiger partial charge in [-0.15, -0.1) is 0 Å². The maximum Gasteiger partial charge on any atom is 0.227 e. The van der Waals surface area contributed by atoms with Crippen LogP contribution in [-0.4, -0.2) is 49.0 Å². The van der Waals surface area contributed by atoms with Crippen LogP contribution in [0.5, 0.6) is 11.5 Å². The number of carbonyl (C=O) groups is 2. The summed E-state index contributed by atoms with van der Waals surface area (Å²) in [4.78, 5) is 32.5. The van der Waals surface area contributed by atoms with Crippen LogP contribution in [0.1, 0.15) is 44.4 Å². The fourth-order valence-electron chi connectivity index (χ4n) is 4.31. The number of imidazole rings is 1. The number of amidine groups is 1. The van der Waals surface area contributed by atoms with E-state index in [1.165, 1.54) is 13.0 Å². The molecular weight excluding hydrogens is 524 g/mol. The molecule has 0 radical (unpaired) electrons. The maximum atomic E-state index is 12.4. The maximum absolute atomic E-state index is 12.4. The van der Waals surface area contributed by atoms with Crippen molar-refractivity contribution in [3.05, 3.63) is 65.2 Å². The van der Waals surface area contributed by atoms with Gasteiger partial charge < -0.3 is 37.1 Å². The van der Waals surface area contributed by atoms with Crippen molar-refractivity contribution in [1.29, 1.82) is 5.41 Å². The van der Waals surface area contributed by atoms with Crippen LogP contribution in [0.3, 0.4) is 0 Å². The van der Waals surface area contributed by atoms with Gasteiger partial charge in [0, 0.05) is 23.2 Å². The smallest absolute Gasteiger partial charge is 0.227 e. The van der Waals surface area contributed by atoms with Crippen LogP contribution in [0.15, 0.2) is 48.5 Å². The summed E-state index contributed by atoms with van der Waals surface area (Å²) in [6.07, 6.45) is -0.815. The van der Waals surface area contributed by atoms with Crippen LogP contribution < -0.4 is 16.8 Å². The number of hydrogen-bond donors (Lipinski definition) is 8. The van der Waals surface area contributed by atoms with Crippen LogP contribution >= 0.6 is 0 Å². The van der Waals surface area contributed by atoms with E-state index in [9.17, 15) is 24.9 Å². The van der Waals surface area contributed by atoms with Gasteiger partial charge >= 0.3 is 0 Å². The predicted octanol–water partition coefficient (Wildman–Crippen LogP) is 2.99. The molecule has 0 aliphatic rings. The number of fused-ring (bicyclic) bond motifs is 1. The molecule has 2 amide bonds. The first kappa shape index (κ1) is 29.1. The monoisotopic (exact) mass is 558 g/mol. The predicted molar refractivity (Wildman–Crippen MR) is 156 cm³/mol. The quantitative estimate of drug-likeness (QED) is 0.113. The third kappa shape index (κ3) is 5.71. The lowest BCUT2D eigenvalue weighted by Crippen LogP contribution is -2.35. The number of amides is 2. The van der Waals surface area contributed by atoms with Crippen molar-refractivity contribution in [2.75, 3.05) is 0 Å². The zero-order valence-corrected chi connectivity index (χ0v) is 23.2. The lowest BCUT2D eigenvalue weighted by molar-refractivity contribution is -0.127. The third-order valence-corrected chi connectivity index (χ3v) is 7.45. The van der Waals surface area contributed by atoms with Gasteiger partial charge in [-0.3, -0.25) is 15.0 Å². The Morgan fingerprint density at radius 1 is 1.02 bits per heavy atom. The van der Waals surface area contributed by atoms with Crippen LogP contribution in [0.2, 0.25) is 0 Å². The SMILES string of the molecule is CC(C(=O)NCc1ccc(O)c(-c2cc(C(C)(C)C(N)=O)cc(-c3nc4ccc(C(=N)N)cc4[nH]3)c2O)c1)[C@H](C)O. The van der Waals surface area contributed by atoms with E-state index in [0.717, 1.165) is 0 Å². The highest BCUT2D eigenvalue weighted by Gasteiger charge is 2.31. The summed E-state index contributed by atoms with van der Waals surface area (Å²) in [6, 6.07) is 12.9. The number of carbonyl (C=O) groups excluding carboxylic acids is 2. The molecule has 0 aliphatic carbocycles. The highest BCUT2D eigenvalue weighted by molar-refractivity contribution is 5.98. The normalized spacial score (nSPS) is 13.1. The molecule has 0 saturated carbocycles. The van der Waals surface area contributed by atoms with Crippen LogP contribution in [0, 0.1) is 11.3 Å². The van der Waals surface area contributed by atoms with Gasteiger partial charge in [-0.2, -0.15) is 0 Å². The summed E-state index contributed by atoms with van der Waals surface area (Å²) >= 11 is 0. The van der Waals surface area contributed by atoms with Gasteiger partial charge in [-0.05, 0) is 74.4 Å². The molecule has 214 valence electrons. The number of primary amides is 1. The number of phenols is 2. The van der Waals surface area contributed by atoms with Crippen molar-refractivity contribution in [3.8, 4) is 34.0 Å². The van der Waals surface area contributed by atoms with E-state index in [0.29, 0.717) is 27.7 Å². The number of nitrogens with two attached hydrogens (primary N) is 2. The molecule has 10 N–H and O–H groups in total. The van der Waals surface area contributed by atoms with Gasteiger partial charge in [-0.1, -0.05) is 13.0 Å². The molecule has 1 heterocycles. The highest BCUT2D eigenvalue weighted by atomic mass is 16.3. The van der Waals surface area contributed by atoms with E-state index < -0.39 is 23.3 Å². The third-order valence-electron chi connectivity index (χ3n) is 7.45. The van der Waals surface area contributed by atoms with E-state index in [1.807, 2.05) is 0 Å². The van der Waals surface area contributed by atoms with E-state index >= 15 is 0 Å². The molecule has 11 heteroatoms. The number of H-pyrrole nitrogens is 1. The number of aliphatic hydroxyl groups is 1. The van der Waals surface area contributed by atoms with Crippen molar-refractivity contribution in [2.24, 2.45) is 17.4 Å². The molecule has 0 saturated heterocycles. The van der Waals surface area contributed by atoms with Crippen molar-refractivity contribution < 1.29 is 24.9 Å². The molecule has 0 spiro atoms. The van der Waals surface area contributed by atoms with Crippen molar-refractivity contribution in [1.82, 2.24) is 15.3 Å². The van der Waals surface area contributed by atoms with Gasteiger partial charge in [0.25, 0.3) is 0 Å². The fraction of sp³-hybridized carbons (Fsp3) is 0.267. The standard InChI is InChI=1S/C30H34N6O5/c1-14(15(2)37)28(40)34-13-16-5-8-24(38)19(9-16)20-11-18(30(3,4)29(33)41)12-21(25(20)39)27-35-22-7-6-17(26(31)32)10-23(22)36-27/h5-12,14-15,37-39H,13H2,1-4H3,(H3,31,32)(H2,33,41)(H,34,40)(H,35,36)/t14?,15-/m0/s1. The lowest BCUT2D eigenvalue weighted by Gasteiger charge is -2.24. The number of benzene rings is 3. The van der Waals surface area contributed by atoms with Crippen LogP contribution in [0.25, 0.3) is 33.5 Å². The fourth-order valence-corrected chi connectivity index (χ4v) is 4.31. The summed E-state index contributed by atoms with van der Waals surface area (Å²) in [5.41, 5.74) is 13.7. The minimum atomic E-state index is -1.15. The zero-order chi connectivity index (χ0) is 30.2. The molecule has 3 aromatic carbocycles. The Morgan fingerprint density at radius 3 is 2.34 bits per heavy atom. The van der Waals surface area contributed by atoms with Gasteiger partial charge in [0.05, 0.1) is 34.0 Å². The second-order valence-electron chi connectivity index (χ2n) is 10.7. The molecule has 0 bridgehead atoms. The van der Waals surface area contributed by atoms with E-state index in [4.69, 9.17) is 16.9 Å². The Labute approximate surface area is 236 Å². The van der Waals surface area contributed by atoms with Crippen molar-refractivity contribution >= 4 is 28.7 Å². The van der Waals surface area contributed by atoms with E-state index in [1.54, 1.807) is 63.2 Å². The lowest BCUT2D eigenvalue weighted by atomic mass is 9.81. The molecule has 2 atom stereocenters. The Morgan fingerprint density at radius 2 is 1.71 bits per heavy atom. The second kappa shape index (κ2) is 10.9. The average molecular weight is 559 g/mol. The molecule has 11 nitrogen and oxygen atoms in total. The van der Waals surface area contributed by atoms with Gasteiger partial charge in [-0.25, -0.2) is 4.98 Å². The Kier molecular flexibility index (Phi) is 7.76. The highest BCUT2D eigenvalue weighted by Crippen LogP contribution is 2.44. The number of aliphatic hydroxyl groups excluding tert-OH is 1. The number of aromatic hydroxyl groups is 2. The number of aromatic nitrogens is 2. The topological polar surface area (TPSA) is 211 Å². The largest absolute Gasteiger partial charge is 0.507 e. The molecular formula is C30H34N6O5. The Balaban J connectivity index is 1.86. The van der Waals surface area contributed by atoms with Gasteiger partial charge in [0.15, 0.2) is 0 Å². The first-order valence-electron chi connectivity index (χ1n) is 13.0.